The predicted molar refractivity (Wildman–Crippen MR) is 47.2 cm³/mol. The van der Waals surface area contributed by atoms with E-state index in [1.807, 2.05) is 0 Å². The van der Waals surface area contributed by atoms with Gasteiger partial charge in [0.05, 0.1) is 6.61 Å². The molecule has 66 valence electrons. The molecule has 12 heavy (non-hydrogen) atoms. The molecule has 0 unspecified atom stereocenters. The molecular formula is C9H10ClFO. The lowest BCUT2D eigenvalue weighted by Gasteiger charge is -2.04. The van der Waals surface area contributed by atoms with Gasteiger partial charge in [0.15, 0.2) is 11.6 Å². The third-order valence-corrected chi connectivity index (χ3v) is 1.64. The van der Waals surface area contributed by atoms with Gasteiger partial charge >= 0.3 is 0 Å². The van der Waals surface area contributed by atoms with Crippen molar-refractivity contribution in [1.82, 2.24) is 0 Å². The summed E-state index contributed by atoms with van der Waals surface area (Å²) < 4.78 is 18.0. The Morgan fingerprint density at radius 1 is 1.33 bits per heavy atom. The van der Waals surface area contributed by atoms with E-state index >= 15 is 0 Å². The van der Waals surface area contributed by atoms with Gasteiger partial charge in [-0.15, -0.1) is 11.6 Å². The number of halogens is 2. The number of rotatable bonds is 4. The maximum absolute atomic E-state index is 12.9. The summed E-state index contributed by atoms with van der Waals surface area (Å²) in [5, 5.41) is 0. The fourth-order valence-electron chi connectivity index (χ4n) is 0.798. The van der Waals surface area contributed by atoms with Crippen molar-refractivity contribution < 1.29 is 9.13 Å². The topological polar surface area (TPSA) is 9.23 Å². The molecule has 0 amide bonds. The third-order valence-electron chi connectivity index (χ3n) is 1.37. The van der Waals surface area contributed by atoms with Gasteiger partial charge < -0.3 is 4.74 Å². The molecule has 1 nitrogen and oxygen atoms in total. The standard InChI is InChI=1S/C9H10ClFO/c10-6-3-7-12-9-5-2-1-4-8(9)11/h1-2,4-5H,3,6-7H2. The molecule has 0 fully saturated rings. The van der Waals surface area contributed by atoms with E-state index in [4.69, 9.17) is 16.3 Å². The summed E-state index contributed by atoms with van der Waals surface area (Å²) in [6.45, 7) is 0.463. The number of alkyl halides is 1. The molecule has 0 aliphatic rings. The SMILES string of the molecule is Fc1ccccc1OCCCCl. The van der Waals surface area contributed by atoms with Gasteiger partial charge in [0.1, 0.15) is 0 Å². The van der Waals surface area contributed by atoms with Crippen LogP contribution < -0.4 is 4.74 Å². The van der Waals surface area contributed by atoms with E-state index in [1.54, 1.807) is 18.2 Å². The highest BCUT2D eigenvalue weighted by molar-refractivity contribution is 6.17. The van der Waals surface area contributed by atoms with E-state index in [0.717, 1.165) is 6.42 Å². The van der Waals surface area contributed by atoms with Crippen LogP contribution in [-0.4, -0.2) is 12.5 Å². The molecule has 0 N–H and O–H groups in total. The molecule has 0 aromatic heterocycles. The molecule has 1 aromatic rings. The Morgan fingerprint density at radius 3 is 2.75 bits per heavy atom. The van der Waals surface area contributed by atoms with Crippen molar-refractivity contribution in [3.63, 3.8) is 0 Å². The van der Waals surface area contributed by atoms with Crippen LogP contribution in [0.5, 0.6) is 5.75 Å². The number of para-hydroxylation sites is 1. The maximum Gasteiger partial charge on any atom is 0.165 e. The summed E-state index contributed by atoms with van der Waals surface area (Å²) in [6.07, 6.45) is 0.732. The predicted octanol–water partition coefficient (Wildman–Crippen LogP) is 2.83. The lowest BCUT2D eigenvalue weighted by Crippen LogP contribution is -1.99. The van der Waals surface area contributed by atoms with Gasteiger partial charge in [-0.2, -0.15) is 0 Å². The smallest absolute Gasteiger partial charge is 0.165 e. The van der Waals surface area contributed by atoms with Crippen LogP contribution in [0.2, 0.25) is 0 Å². The molecule has 1 rings (SSSR count). The van der Waals surface area contributed by atoms with E-state index in [1.165, 1.54) is 6.07 Å². The molecule has 0 atom stereocenters. The van der Waals surface area contributed by atoms with Crippen molar-refractivity contribution in [3.05, 3.63) is 30.1 Å². The zero-order valence-electron chi connectivity index (χ0n) is 6.59. The van der Waals surface area contributed by atoms with Gasteiger partial charge in [-0.1, -0.05) is 12.1 Å². The summed E-state index contributed by atoms with van der Waals surface area (Å²) in [7, 11) is 0. The summed E-state index contributed by atoms with van der Waals surface area (Å²) >= 11 is 5.43. The quantitative estimate of drug-likeness (QED) is 0.522. The first-order chi connectivity index (χ1) is 5.84. The molecule has 0 saturated carbocycles. The average Bonchev–Trinajstić information content (AvgIpc) is 2.09. The van der Waals surface area contributed by atoms with Gasteiger partial charge in [-0.3, -0.25) is 0 Å². The molecular weight excluding hydrogens is 179 g/mol. The van der Waals surface area contributed by atoms with Crippen LogP contribution in [0.15, 0.2) is 24.3 Å². The van der Waals surface area contributed by atoms with E-state index in [9.17, 15) is 4.39 Å². The normalized spacial score (nSPS) is 9.83. The van der Waals surface area contributed by atoms with Crippen LogP contribution in [0.25, 0.3) is 0 Å². The Hall–Kier alpha value is -0.760. The second kappa shape index (κ2) is 4.99. The van der Waals surface area contributed by atoms with Crippen LogP contribution in [-0.2, 0) is 0 Å². The molecule has 0 spiro atoms. The lowest BCUT2D eigenvalue weighted by molar-refractivity contribution is 0.302. The zero-order chi connectivity index (χ0) is 8.81. The molecule has 0 radical (unpaired) electrons. The largest absolute Gasteiger partial charge is 0.490 e. The van der Waals surface area contributed by atoms with Crippen molar-refractivity contribution in [2.24, 2.45) is 0 Å². The highest BCUT2D eigenvalue weighted by Crippen LogP contribution is 2.15. The van der Waals surface area contributed by atoms with Crippen LogP contribution in [0, 0.1) is 5.82 Å². The molecule has 0 aliphatic heterocycles. The third kappa shape index (κ3) is 2.70. The van der Waals surface area contributed by atoms with Crippen molar-refractivity contribution in [2.75, 3.05) is 12.5 Å². The van der Waals surface area contributed by atoms with Crippen LogP contribution in [0.3, 0.4) is 0 Å². The Balaban J connectivity index is 2.46. The number of hydrogen-bond acceptors (Lipinski definition) is 1. The van der Waals surface area contributed by atoms with Crippen LogP contribution in [0.4, 0.5) is 4.39 Å². The van der Waals surface area contributed by atoms with Crippen molar-refractivity contribution >= 4 is 11.6 Å². The fourth-order valence-corrected chi connectivity index (χ4v) is 0.908. The lowest BCUT2D eigenvalue weighted by atomic mass is 10.3. The molecule has 0 saturated heterocycles. The Kier molecular flexibility index (Phi) is 3.88. The minimum absolute atomic E-state index is 0.294. The Morgan fingerprint density at radius 2 is 2.08 bits per heavy atom. The first-order valence-electron chi connectivity index (χ1n) is 3.78. The minimum atomic E-state index is -0.327. The first kappa shape index (κ1) is 9.33. The Labute approximate surface area is 76.1 Å². The monoisotopic (exact) mass is 188 g/mol. The summed E-state index contributed by atoms with van der Waals surface area (Å²) in [5.74, 6) is 0.503. The van der Waals surface area contributed by atoms with E-state index in [2.05, 4.69) is 0 Å². The van der Waals surface area contributed by atoms with Gasteiger partial charge in [0.25, 0.3) is 0 Å². The zero-order valence-corrected chi connectivity index (χ0v) is 7.35. The second-order valence-electron chi connectivity index (χ2n) is 2.32. The van der Waals surface area contributed by atoms with Gasteiger partial charge in [0, 0.05) is 5.88 Å². The first-order valence-corrected chi connectivity index (χ1v) is 4.31. The fraction of sp³-hybridized carbons (Fsp3) is 0.333. The summed E-state index contributed by atoms with van der Waals surface area (Å²) in [6, 6.07) is 6.34. The second-order valence-corrected chi connectivity index (χ2v) is 2.70. The Bertz CT molecular complexity index is 240. The summed E-state index contributed by atoms with van der Waals surface area (Å²) in [4.78, 5) is 0. The van der Waals surface area contributed by atoms with Gasteiger partial charge in [-0.05, 0) is 18.6 Å². The molecule has 0 bridgehead atoms. The van der Waals surface area contributed by atoms with Crippen molar-refractivity contribution in [3.8, 4) is 5.75 Å². The van der Waals surface area contributed by atoms with Gasteiger partial charge in [-0.25, -0.2) is 4.39 Å². The van der Waals surface area contributed by atoms with Crippen LogP contribution in [0.1, 0.15) is 6.42 Å². The average molecular weight is 189 g/mol. The highest BCUT2D eigenvalue weighted by atomic mass is 35.5. The van der Waals surface area contributed by atoms with Crippen molar-refractivity contribution in [1.29, 1.82) is 0 Å². The maximum atomic E-state index is 12.9. The summed E-state index contributed by atoms with van der Waals surface area (Å²) in [5.41, 5.74) is 0. The number of hydrogen-bond donors (Lipinski definition) is 0. The molecule has 0 heterocycles. The van der Waals surface area contributed by atoms with E-state index in [0.29, 0.717) is 18.2 Å². The van der Waals surface area contributed by atoms with Crippen LogP contribution >= 0.6 is 11.6 Å². The van der Waals surface area contributed by atoms with E-state index in [-0.39, 0.29) is 5.82 Å². The van der Waals surface area contributed by atoms with E-state index < -0.39 is 0 Å². The molecule has 1 aromatic carbocycles. The number of benzene rings is 1. The molecule has 3 heteroatoms. The van der Waals surface area contributed by atoms with Gasteiger partial charge in [0.2, 0.25) is 0 Å². The molecule has 0 aliphatic carbocycles. The number of ether oxygens (including phenoxy) is 1. The minimum Gasteiger partial charge on any atom is -0.490 e. The van der Waals surface area contributed by atoms with Crippen molar-refractivity contribution in [2.45, 2.75) is 6.42 Å². The highest BCUT2D eigenvalue weighted by Gasteiger charge is 1.99.